The van der Waals surface area contributed by atoms with Crippen LogP contribution < -0.4 is 11.1 Å². The molecule has 4 rings (SSSR count). The molecule has 1 heterocycles. The summed E-state index contributed by atoms with van der Waals surface area (Å²) in [6.07, 6.45) is -1.04. The number of fused-ring (bicyclic) bond motifs is 2. The fourth-order valence-corrected chi connectivity index (χ4v) is 3.31. The van der Waals surface area contributed by atoms with Gasteiger partial charge in [0.2, 0.25) is 0 Å². The first-order chi connectivity index (χ1) is 14.5. The van der Waals surface area contributed by atoms with Gasteiger partial charge in [0, 0.05) is 17.6 Å². The lowest BCUT2D eigenvalue weighted by molar-refractivity contribution is -0.153. The summed E-state index contributed by atoms with van der Waals surface area (Å²) in [7, 11) is 0. The van der Waals surface area contributed by atoms with Crippen molar-refractivity contribution in [3.8, 4) is 0 Å². The van der Waals surface area contributed by atoms with Crippen molar-refractivity contribution >= 4 is 39.4 Å². The summed E-state index contributed by atoms with van der Waals surface area (Å²) in [5, 5.41) is 4.71. The maximum absolute atomic E-state index is 12.5. The molecule has 1 atom stereocenters. The molecule has 1 aromatic heterocycles. The number of carbonyl (C=O) groups is 2. The Balaban J connectivity index is 1.37. The number of hydrogen-bond acceptors (Lipinski definition) is 5. The van der Waals surface area contributed by atoms with Crippen molar-refractivity contribution in [1.29, 1.82) is 0 Å². The number of hydrogen-bond donors (Lipinski definition) is 1. The Bertz CT molecular complexity index is 1280. The molecule has 30 heavy (non-hydrogen) atoms. The van der Waals surface area contributed by atoms with Gasteiger partial charge in [-0.15, -0.1) is 0 Å². The van der Waals surface area contributed by atoms with Crippen molar-refractivity contribution in [3.63, 3.8) is 0 Å². The second-order valence-corrected chi connectivity index (χ2v) is 6.89. The van der Waals surface area contributed by atoms with Crippen molar-refractivity contribution < 1.29 is 18.7 Å². The number of aromatic nitrogens is 1. The Kier molecular flexibility index (Phi) is 5.34. The average Bonchev–Trinajstić information content (AvgIpc) is 3.07. The van der Waals surface area contributed by atoms with Gasteiger partial charge in [0.1, 0.15) is 0 Å². The first-order valence-corrected chi connectivity index (χ1v) is 9.59. The molecule has 0 saturated heterocycles. The third-order valence-corrected chi connectivity index (χ3v) is 4.84. The lowest BCUT2D eigenvalue weighted by Gasteiger charge is -2.15. The molecule has 0 fully saturated rings. The van der Waals surface area contributed by atoms with Crippen LogP contribution in [0.3, 0.4) is 0 Å². The molecule has 7 nitrogen and oxygen atoms in total. The number of benzene rings is 3. The first-order valence-electron chi connectivity index (χ1n) is 9.59. The van der Waals surface area contributed by atoms with E-state index < -0.39 is 23.7 Å². The monoisotopic (exact) mass is 404 g/mol. The van der Waals surface area contributed by atoms with Crippen molar-refractivity contribution in [2.24, 2.45) is 0 Å². The van der Waals surface area contributed by atoms with E-state index in [4.69, 9.17) is 9.15 Å². The predicted molar refractivity (Wildman–Crippen MR) is 113 cm³/mol. The molecule has 7 heteroatoms. The highest BCUT2D eigenvalue weighted by molar-refractivity contribution is 6.03. The number of carbonyl (C=O) groups excluding carboxylic acids is 2. The summed E-state index contributed by atoms with van der Waals surface area (Å²) in [5.41, 5.74) is 1.72. The van der Waals surface area contributed by atoms with Crippen LogP contribution in [0, 0.1) is 0 Å². The Labute approximate surface area is 171 Å². The molecule has 0 radical (unpaired) electrons. The van der Waals surface area contributed by atoms with E-state index in [0.29, 0.717) is 16.8 Å². The predicted octanol–water partition coefficient (Wildman–Crippen LogP) is 3.71. The van der Waals surface area contributed by atoms with E-state index in [2.05, 4.69) is 5.32 Å². The van der Waals surface area contributed by atoms with E-state index in [-0.39, 0.29) is 13.0 Å². The van der Waals surface area contributed by atoms with Crippen LogP contribution in [0.1, 0.15) is 13.3 Å². The normalized spacial score (nSPS) is 12.0. The fourth-order valence-electron chi connectivity index (χ4n) is 3.31. The van der Waals surface area contributed by atoms with Gasteiger partial charge in [0.05, 0.1) is 11.9 Å². The number of nitrogens with one attached hydrogen (secondary N) is 1. The quantitative estimate of drug-likeness (QED) is 0.495. The molecular formula is C23H20N2O5. The SMILES string of the molecule is C[C@H](OC(=O)CCn1c(=O)oc2ccccc21)C(=O)Nc1cccc2ccccc12. The number of esters is 1. The van der Waals surface area contributed by atoms with Gasteiger partial charge in [-0.25, -0.2) is 4.79 Å². The molecule has 0 aliphatic heterocycles. The van der Waals surface area contributed by atoms with Gasteiger partial charge in [0.25, 0.3) is 5.91 Å². The topological polar surface area (TPSA) is 90.5 Å². The van der Waals surface area contributed by atoms with Gasteiger partial charge < -0.3 is 14.5 Å². The minimum atomic E-state index is -0.978. The average molecular weight is 404 g/mol. The number of aryl methyl sites for hydroxylation is 1. The van der Waals surface area contributed by atoms with Crippen LogP contribution in [0.4, 0.5) is 5.69 Å². The number of nitrogens with zero attached hydrogens (tertiary/aromatic N) is 1. The summed E-state index contributed by atoms with van der Waals surface area (Å²) >= 11 is 0. The molecule has 0 aliphatic rings. The molecule has 3 aromatic carbocycles. The molecule has 0 spiro atoms. The number of amides is 1. The molecular weight excluding hydrogens is 384 g/mol. The van der Waals surface area contributed by atoms with E-state index in [1.165, 1.54) is 11.5 Å². The minimum Gasteiger partial charge on any atom is -0.452 e. The summed E-state index contributed by atoms with van der Waals surface area (Å²) in [4.78, 5) is 36.7. The lowest BCUT2D eigenvalue weighted by atomic mass is 10.1. The van der Waals surface area contributed by atoms with Crippen molar-refractivity contribution in [2.45, 2.75) is 26.0 Å². The number of rotatable bonds is 6. The van der Waals surface area contributed by atoms with Crippen LogP contribution in [-0.4, -0.2) is 22.5 Å². The molecule has 0 bridgehead atoms. The van der Waals surface area contributed by atoms with Crippen molar-refractivity contribution in [1.82, 2.24) is 4.57 Å². The zero-order valence-electron chi connectivity index (χ0n) is 16.3. The molecule has 4 aromatic rings. The number of para-hydroxylation sites is 2. The lowest BCUT2D eigenvalue weighted by Crippen LogP contribution is -2.30. The largest absolute Gasteiger partial charge is 0.452 e. The van der Waals surface area contributed by atoms with Crippen molar-refractivity contribution in [3.05, 3.63) is 77.3 Å². The highest BCUT2D eigenvalue weighted by Crippen LogP contribution is 2.23. The minimum absolute atomic E-state index is 0.0602. The van der Waals surface area contributed by atoms with Crippen LogP contribution in [0.25, 0.3) is 21.9 Å². The Morgan fingerprint density at radius 1 is 1.03 bits per heavy atom. The van der Waals surface area contributed by atoms with Gasteiger partial charge in [-0.1, -0.05) is 48.5 Å². The van der Waals surface area contributed by atoms with E-state index in [1.54, 1.807) is 30.3 Å². The summed E-state index contributed by atoms with van der Waals surface area (Å²) < 4.78 is 11.8. The second-order valence-electron chi connectivity index (χ2n) is 6.89. The van der Waals surface area contributed by atoms with Crippen LogP contribution >= 0.6 is 0 Å². The van der Waals surface area contributed by atoms with Crippen LogP contribution in [0.5, 0.6) is 0 Å². The summed E-state index contributed by atoms with van der Waals surface area (Å²) in [5.74, 6) is -1.54. The van der Waals surface area contributed by atoms with Gasteiger partial charge in [-0.2, -0.15) is 0 Å². The van der Waals surface area contributed by atoms with E-state index in [9.17, 15) is 14.4 Å². The van der Waals surface area contributed by atoms with Gasteiger partial charge in [-0.05, 0) is 30.5 Å². The third-order valence-electron chi connectivity index (χ3n) is 4.84. The zero-order chi connectivity index (χ0) is 21.1. The van der Waals surface area contributed by atoms with Gasteiger partial charge in [0.15, 0.2) is 11.7 Å². The Morgan fingerprint density at radius 2 is 1.77 bits per heavy atom. The van der Waals surface area contributed by atoms with E-state index in [0.717, 1.165) is 10.8 Å². The summed E-state index contributed by atoms with van der Waals surface area (Å²) in [6, 6.07) is 20.3. The molecule has 152 valence electrons. The highest BCUT2D eigenvalue weighted by Gasteiger charge is 2.19. The Morgan fingerprint density at radius 3 is 2.63 bits per heavy atom. The van der Waals surface area contributed by atoms with Crippen molar-refractivity contribution in [2.75, 3.05) is 5.32 Å². The van der Waals surface area contributed by atoms with Gasteiger partial charge >= 0.3 is 11.7 Å². The van der Waals surface area contributed by atoms with Crippen LogP contribution in [-0.2, 0) is 20.9 Å². The number of oxazole rings is 1. The standard InChI is InChI=1S/C23H20N2O5/c1-15(22(27)24-18-10-6-8-16-7-2-3-9-17(16)18)29-21(26)13-14-25-19-11-4-5-12-20(19)30-23(25)28/h2-12,15H,13-14H2,1H3,(H,24,27)/t15-/m0/s1. The zero-order valence-corrected chi connectivity index (χ0v) is 16.3. The highest BCUT2D eigenvalue weighted by atomic mass is 16.5. The summed E-state index contributed by atoms with van der Waals surface area (Å²) in [6.45, 7) is 1.62. The fraction of sp³-hybridized carbons (Fsp3) is 0.174. The molecule has 0 unspecified atom stereocenters. The van der Waals surface area contributed by atoms with Crippen LogP contribution in [0.2, 0.25) is 0 Å². The van der Waals surface area contributed by atoms with Gasteiger partial charge in [-0.3, -0.25) is 14.2 Å². The van der Waals surface area contributed by atoms with E-state index >= 15 is 0 Å². The third kappa shape index (κ3) is 3.96. The maximum atomic E-state index is 12.5. The molecule has 1 amide bonds. The molecule has 1 N–H and O–H groups in total. The second kappa shape index (κ2) is 8.24. The maximum Gasteiger partial charge on any atom is 0.419 e. The first kappa shape index (κ1) is 19.4. The number of anilines is 1. The number of ether oxygens (including phenoxy) is 1. The van der Waals surface area contributed by atoms with E-state index in [1.807, 2.05) is 36.4 Å². The smallest absolute Gasteiger partial charge is 0.419 e. The Hall–Kier alpha value is -3.87. The van der Waals surface area contributed by atoms with Crippen LogP contribution in [0.15, 0.2) is 75.9 Å². The molecule has 0 saturated carbocycles. The molecule has 0 aliphatic carbocycles.